The standard InChI is InChI=1S/C26H19ClN2O6S/c1-34-22-13-16(4-11-21(22)35-14-15-2-5-17(6-3-15)25(32)33)12-20-23(30)28-26(36)29(24(20)31)19-9-7-18(27)8-10-19/h2-13H,14H2,1H3,(H,32,33)(H,28,30,36). The number of nitrogens with one attached hydrogen (secondary N) is 1. The number of nitrogens with zero attached hydrogens (tertiary/aromatic N) is 1. The van der Waals surface area contributed by atoms with Gasteiger partial charge in [0.2, 0.25) is 0 Å². The highest BCUT2D eigenvalue weighted by molar-refractivity contribution is 7.80. The monoisotopic (exact) mass is 522 g/mol. The van der Waals surface area contributed by atoms with Gasteiger partial charge in [0.25, 0.3) is 11.8 Å². The van der Waals surface area contributed by atoms with E-state index in [4.69, 9.17) is 38.4 Å². The summed E-state index contributed by atoms with van der Waals surface area (Å²) >= 11 is 11.1. The number of halogens is 1. The van der Waals surface area contributed by atoms with Crippen LogP contribution in [0.25, 0.3) is 6.08 Å². The number of anilines is 1. The Kier molecular flexibility index (Phi) is 7.33. The SMILES string of the molecule is COc1cc(C=C2C(=O)NC(=S)N(c3ccc(Cl)cc3)C2=O)ccc1OCc1ccc(C(=O)O)cc1. The summed E-state index contributed by atoms with van der Waals surface area (Å²) in [6, 6.07) is 17.8. The molecule has 0 unspecified atom stereocenters. The third-order valence-corrected chi connectivity index (χ3v) is 5.82. The highest BCUT2D eigenvalue weighted by Crippen LogP contribution is 2.31. The maximum Gasteiger partial charge on any atom is 0.335 e. The summed E-state index contributed by atoms with van der Waals surface area (Å²) in [6.45, 7) is 0.186. The first-order valence-electron chi connectivity index (χ1n) is 10.6. The fraction of sp³-hybridized carbons (Fsp3) is 0.0769. The number of rotatable bonds is 7. The van der Waals surface area contributed by atoms with Crippen molar-refractivity contribution in [3.05, 3.63) is 94.0 Å². The predicted molar refractivity (Wildman–Crippen MR) is 138 cm³/mol. The molecule has 1 aliphatic heterocycles. The maximum absolute atomic E-state index is 13.2. The minimum Gasteiger partial charge on any atom is -0.493 e. The molecule has 3 aromatic rings. The number of amides is 2. The zero-order chi connectivity index (χ0) is 25.8. The summed E-state index contributed by atoms with van der Waals surface area (Å²) in [5, 5.41) is 12.0. The number of methoxy groups -OCH3 is 1. The van der Waals surface area contributed by atoms with Gasteiger partial charge in [-0.1, -0.05) is 29.8 Å². The zero-order valence-corrected chi connectivity index (χ0v) is 20.4. The largest absolute Gasteiger partial charge is 0.493 e. The lowest BCUT2D eigenvalue weighted by atomic mass is 10.1. The van der Waals surface area contributed by atoms with E-state index in [1.165, 1.54) is 30.2 Å². The topological polar surface area (TPSA) is 105 Å². The van der Waals surface area contributed by atoms with E-state index in [1.807, 2.05) is 0 Å². The van der Waals surface area contributed by atoms with Gasteiger partial charge in [0.05, 0.1) is 18.4 Å². The molecule has 8 nitrogen and oxygen atoms in total. The maximum atomic E-state index is 13.2. The Labute approximate surface area is 216 Å². The van der Waals surface area contributed by atoms with E-state index in [9.17, 15) is 14.4 Å². The Morgan fingerprint density at radius 2 is 1.75 bits per heavy atom. The average Bonchev–Trinajstić information content (AvgIpc) is 2.86. The number of hydrogen-bond donors (Lipinski definition) is 2. The third-order valence-electron chi connectivity index (χ3n) is 5.28. The number of aromatic carboxylic acids is 1. The van der Waals surface area contributed by atoms with Gasteiger partial charge in [-0.15, -0.1) is 0 Å². The number of carbonyl (C=O) groups is 3. The molecule has 36 heavy (non-hydrogen) atoms. The molecule has 0 aromatic heterocycles. The van der Waals surface area contributed by atoms with E-state index in [2.05, 4.69) is 5.32 Å². The molecule has 0 aliphatic carbocycles. The van der Waals surface area contributed by atoms with Gasteiger partial charge >= 0.3 is 5.97 Å². The third kappa shape index (κ3) is 5.37. The molecule has 1 fully saturated rings. The second-order valence-electron chi connectivity index (χ2n) is 7.64. The van der Waals surface area contributed by atoms with Gasteiger partial charge in [-0.2, -0.15) is 0 Å². The molecule has 1 aliphatic rings. The predicted octanol–water partition coefficient (Wildman–Crippen LogP) is 4.46. The van der Waals surface area contributed by atoms with Crippen LogP contribution in [0.4, 0.5) is 5.69 Å². The summed E-state index contributed by atoms with van der Waals surface area (Å²) in [5.74, 6) is -1.36. The van der Waals surface area contributed by atoms with Gasteiger partial charge in [-0.05, 0) is 78.0 Å². The number of ether oxygens (including phenoxy) is 2. The number of hydrogen-bond acceptors (Lipinski definition) is 6. The van der Waals surface area contributed by atoms with Crippen molar-refractivity contribution in [1.29, 1.82) is 0 Å². The van der Waals surface area contributed by atoms with Crippen molar-refractivity contribution in [3.63, 3.8) is 0 Å². The van der Waals surface area contributed by atoms with Gasteiger partial charge in [0, 0.05) is 5.02 Å². The van der Waals surface area contributed by atoms with Gasteiger partial charge in [-0.3, -0.25) is 19.8 Å². The molecular weight excluding hydrogens is 504 g/mol. The van der Waals surface area contributed by atoms with Crippen LogP contribution in [-0.4, -0.2) is 35.1 Å². The highest BCUT2D eigenvalue weighted by atomic mass is 35.5. The van der Waals surface area contributed by atoms with E-state index in [0.29, 0.717) is 27.8 Å². The molecule has 0 radical (unpaired) electrons. The summed E-state index contributed by atoms with van der Waals surface area (Å²) < 4.78 is 11.3. The quantitative estimate of drug-likeness (QED) is 0.268. The highest BCUT2D eigenvalue weighted by Gasteiger charge is 2.34. The van der Waals surface area contributed by atoms with Gasteiger partial charge in [0.15, 0.2) is 16.6 Å². The van der Waals surface area contributed by atoms with E-state index >= 15 is 0 Å². The Morgan fingerprint density at radius 1 is 1.06 bits per heavy atom. The molecular formula is C26H19ClN2O6S. The lowest BCUT2D eigenvalue weighted by molar-refractivity contribution is -0.122. The van der Waals surface area contributed by atoms with Gasteiger partial charge in [-0.25, -0.2) is 4.79 Å². The molecule has 2 amide bonds. The van der Waals surface area contributed by atoms with Crippen molar-refractivity contribution < 1.29 is 29.0 Å². The molecule has 1 saturated heterocycles. The summed E-state index contributed by atoms with van der Waals surface area (Å²) in [4.78, 5) is 38.0. The Balaban J connectivity index is 1.55. The van der Waals surface area contributed by atoms with E-state index < -0.39 is 17.8 Å². The fourth-order valence-electron chi connectivity index (χ4n) is 3.45. The van der Waals surface area contributed by atoms with E-state index in [0.717, 1.165) is 5.56 Å². The van der Waals surface area contributed by atoms with Crippen molar-refractivity contribution in [1.82, 2.24) is 5.32 Å². The molecule has 2 N–H and O–H groups in total. The molecule has 4 rings (SSSR count). The van der Waals surface area contributed by atoms with Gasteiger partial charge in [0.1, 0.15) is 12.2 Å². The van der Waals surface area contributed by atoms with Crippen LogP contribution in [0, 0.1) is 0 Å². The first kappa shape index (κ1) is 24.9. The Morgan fingerprint density at radius 3 is 2.39 bits per heavy atom. The van der Waals surface area contributed by atoms with E-state index in [1.54, 1.807) is 54.6 Å². The van der Waals surface area contributed by atoms with Crippen LogP contribution >= 0.6 is 23.8 Å². The fourth-order valence-corrected chi connectivity index (χ4v) is 3.85. The van der Waals surface area contributed by atoms with Crippen LogP contribution < -0.4 is 19.7 Å². The molecule has 0 atom stereocenters. The van der Waals surface area contributed by atoms with Crippen molar-refractivity contribution in [2.24, 2.45) is 0 Å². The second-order valence-corrected chi connectivity index (χ2v) is 8.46. The molecule has 182 valence electrons. The zero-order valence-electron chi connectivity index (χ0n) is 18.9. The van der Waals surface area contributed by atoms with Crippen molar-refractivity contribution in [2.75, 3.05) is 12.0 Å². The number of benzene rings is 3. The number of carbonyl (C=O) groups excluding carboxylic acids is 2. The van der Waals surface area contributed by atoms with Gasteiger partial charge < -0.3 is 14.6 Å². The first-order chi connectivity index (χ1) is 17.3. The van der Waals surface area contributed by atoms with Crippen LogP contribution in [0.15, 0.2) is 72.3 Å². The minimum atomic E-state index is -1.00. The van der Waals surface area contributed by atoms with Crippen molar-refractivity contribution in [3.8, 4) is 11.5 Å². The van der Waals surface area contributed by atoms with E-state index in [-0.39, 0.29) is 22.9 Å². The summed E-state index contributed by atoms with van der Waals surface area (Å²) in [6.07, 6.45) is 1.44. The molecule has 3 aromatic carbocycles. The first-order valence-corrected chi connectivity index (χ1v) is 11.4. The molecule has 10 heteroatoms. The Hall–Kier alpha value is -4.21. The molecule has 0 saturated carbocycles. The lowest BCUT2D eigenvalue weighted by Crippen LogP contribution is -2.54. The summed E-state index contributed by atoms with van der Waals surface area (Å²) in [7, 11) is 1.47. The molecule has 1 heterocycles. The van der Waals surface area contributed by atoms with Crippen molar-refractivity contribution >= 4 is 58.5 Å². The molecule has 0 spiro atoms. The number of carboxylic acids is 1. The lowest BCUT2D eigenvalue weighted by Gasteiger charge is -2.29. The van der Waals surface area contributed by atoms with Crippen LogP contribution in [0.5, 0.6) is 11.5 Å². The van der Waals surface area contributed by atoms with Crippen LogP contribution in [0.2, 0.25) is 5.02 Å². The number of carboxylic acid groups (broad SMARTS) is 1. The Bertz CT molecular complexity index is 1390. The van der Waals surface area contributed by atoms with Crippen molar-refractivity contribution in [2.45, 2.75) is 6.61 Å². The van der Waals surface area contributed by atoms with Crippen LogP contribution in [0.3, 0.4) is 0 Å². The molecule has 0 bridgehead atoms. The summed E-state index contributed by atoms with van der Waals surface area (Å²) in [5.41, 5.74) is 1.86. The van der Waals surface area contributed by atoms with Crippen LogP contribution in [0.1, 0.15) is 21.5 Å². The minimum absolute atomic E-state index is 0.0258. The average molecular weight is 523 g/mol. The normalized spacial score (nSPS) is 14.6. The number of thiocarbonyl (C=S) groups is 1. The smallest absolute Gasteiger partial charge is 0.335 e. The van der Waals surface area contributed by atoms with Crippen LogP contribution in [-0.2, 0) is 16.2 Å². The second kappa shape index (κ2) is 10.6.